The van der Waals surface area contributed by atoms with Gasteiger partial charge in [-0.2, -0.15) is 4.98 Å². The van der Waals surface area contributed by atoms with Gasteiger partial charge < -0.3 is 14.7 Å². The molecule has 1 fully saturated rings. The Bertz CT molecular complexity index is 1110. The minimum absolute atomic E-state index is 0.0687. The van der Waals surface area contributed by atoms with Gasteiger partial charge in [0.2, 0.25) is 11.7 Å². The number of aromatic nitrogens is 2. The Labute approximate surface area is 172 Å². The van der Waals surface area contributed by atoms with E-state index >= 15 is 0 Å². The second-order valence-corrected chi connectivity index (χ2v) is 7.19. The van der Waals surface area contributed by atoms with Crippen LogP contribution in [0.15, 0.2) is 71.2 Å². The second-order valence-electron chi connectivity index (χ2n) is 7.19. The number of halogens is 2. The molecule has 4 rings (SSSR count). The molecule has 30 heavy (non-hydrogen) atoms. The Hall–Kier alpha value is -3.55. The van der Waals surface area contributed by atoms with Crippen LogP contribution >= 0.6 is 0 Å². The molecule has 1 unspecified atom stereocenters. The topological polar surface area (TPSA) is 71.3 Å². The first-order valence-corrected chi connectivity index (χ1v) is 9.43. The first-order valence-electron chi connectivity index (χ1n) is 9.43. The maximum Gasteiger partial charge on any atom is 0.272 e. The Morgan fingerprint density at radius 1 is 1.40 bits per heavy atom. The van der Waals surface area contributed by atoms with Gasteiger partial charge in [0.1, 0.15) is 11.6 Å². The Balaban J connectivity index is 1.55. The SMILES string of the molecule is C=C1C=CC=CN1C(=CC)C(=O)Nc1cc(-c2noc(C3CC3(F)F)n2)ccc1C. The molecule has 1 aliphatic carbocycles. The number of nitrogens with one attached hydrogen (secondary N) is 1. The Morgan fingerprint density at radius 3 is 2.83 bits per heavy atom. The standard InChI is InChI=1S/C22H20F2N4O2/c1-4-18(28-10-6-5-7-14(28)3)20(29)25-17-11-15(9-8-13(17)2)19-26-21(30-27-19)16-12-22(16,23)24/h4-11,16H,3,12H2,1-2H3,(H,25,29). The van der Waals surface area contributed by atoms with E-state index in [9.17, 15) is 13.6 Å². The summed E-state index contributed by atoms with van der Waals surface area (Å²) in [6.45, 7) is 7.56. The molecule has 1 amide bonds. The number of hydrogen-bond acceptors (Lipinski definition) is 5. The predicted octanol–water partition coefficient (Wildman–Crippen LogP) is 4.91. The van der Waals surface area contributed by atoms with Crippen LogP contribution in [0, 0.1) is 6.92 Å². The lowest BCUT2D eigenvalue weighted by molar-refractivity contribution is -0.113. The molecule has 0 bridgehead atoms. The van der Waals surface area contributed by atoms with Gasteiger partial charge in [-0.25, -0.2) is 8.78 Å². The van der Waals surface area contributed by atoms with E-state index in [2.05, 4.69) is 22.0 Å². The van der Waals surface area contributed by atoms with Crippen LogP contribution < -0.4 is 5.32 Å². The smallest absolute Gasteiger partial charge is 0.272 e. The van der Waals surface area contributed by atoms with Gasteiger partial charge in [-0.1, -0.05) is 36.0 Å². The summed E-state index contributed by atoms with van der Waals surface area (Å²) in [5.41, 5.74) is 3.03. The zero-order valence-corrected chi connectivity index (χ0v) is 16.5. The molecule has 2 heterocycles. The number of nitrogens with zero attached hydrogens (tertiary/aromatic N) is 3. The molecule has 0 saturated heterocycles. The van der Waals surface area contributed by atoms with E-state index in [1.165, 1.54) is 0 Å². The van der Waals surface area contributed by atoms with Crippen LogP contribution in [0.4, 0.5) is 14.5 Å². The lowest BCUT2D eigenvalue weighted by Crippen LogP contribution is -2.27. The monoisotopic (exact) mass is 410 g/mol. The third kappa shape index (κ3) is 3.68. The van der Waals surface area contributed by atoms with Crippen molar-refractivity contribution in [1.29, 1.82) is 0 Å². The number of amides is 1. The van der Waals surface area contributed by atoms with Gasteiger partial charge in [-0.05, 0) is 37.6 Å². The summed E-state index contributed by atoms with van der Waals surface area (Å²) in [6, 6.07) is 5.24. The van der Waals surface area contributed by atoms with Crippen molar-refractivity contribution < 1.29 is 18.1 Å². The zero-order valence-electron chi connectivity index (χ0n) is 16.5. The molecule has 0 spiro atoms. The lowest BCUT2D eigenvalue weighted by atomic mass is 10.1. The van der Waals surface area contributed by atoms with Crippen molar-refractivity contribution in [2.24, 2.45) is 0 Å². The molecule has 6 nitrogen and oxygen atoms in total. The van der Waals surface area contributed by atoms with Gasteiger partial charge in [0.25, 0.3) is 11.8 Å². The van der Waals surface area contributed by atoms with Gasteiger partial charge in [0.15, 0.2) is 0 Å². The van der Waals surface area contributed by atoms with Gasteiger partial charge in [-0.3, -0.25) is 4.79 Å². The number of benzene rings is 1. The van der Waals surface area contributed by atoms with Gasteiger partial charge in [-0.15, -0.1) is 0 Å². The fourth-order valence-corrected chi connectivity index (χ4v) is 3.15. The highest BCUT2D eigenvalue weighted by atomic mass is 19.3. The van der Waals surface area contributed by atoms with Crippen molar-refractivity contribution in [3.05, 3.63) is 78.1 Å². The van der Waals surface area contributed by atoms with Gasteiger partial charge in [0.05, 0.1) is 0 Å². The number of aryl methyl sites for hydroxylation is 1. The maximum atomic E-state index is 13.2. The maximum absolute atomic E-state index is 13.2. The molecular weight excluding hydrogens is 390 g/mol. The molecule has 154 valence electrons. The predicted molar refractivity (Wildman–Crippen MR) is 108 cm³/mol. The van der Waals surface area contributed by atoms with E-state index in [1.54, 1.807) is 48.4 Å². The van der Waals surface area contributed by atoms with Crippen molar-refractivity contribution in [2.45, 2.75) is 32.1 Å². The average Bonchev–Trinajstić information content (AvgIpc) is 3.12. The largest absolute Gasteiger partial charge is 0.338 e. The van der Waals surface area contributed by atoms with Crippen LogP contribution in [-0.4, -0.2) is 26.9 Å². The van der Waals surface area contributed by atoms with E-state index < -0.39 is 11.8 Å². The summed E-state index contributed by atoms with van der Waals surface area (Å²) in [5.74, 6) is -3.97. The van der Waals surface area contributed by atoms with Crippen LogP contribution in [0.2, 0.25) is 0 Å². The van der Waals surface area contributed by atoms with Crippen molar-refractivity contribution in [3.63, 3.8) is 0 Å². The number of anilines is 1. The molecule has 2 aliphatic rings. The number of carbonyl (C=O) groups excluding carboxylic acids is 1. The van der Waals surface area contributed by atoms with Gasteiger partial charge >= 0.3 is 0 Å². The van der Waals surface area contributed by atoms with Gasteiger partial charge in [0, 0.05) is 29.6 Å². The quantitative estimate of drug-likeness (QED) is 0.710. The Kier molecular flexibility index (Phi) is 4.85. The molecule has 1 aromatic carbocycles. The van der Waals surface area contributed by atoms with Crippen LogP contribution in [0.25, 0.3) is 11.4 Å². The molecule has 1 N–H and O–H groups in total. The van der Waals surface area contributed by atoms with Crippen LogP contribution in [0.5, 0.6) is 0 Å². The van der Waals surface area contributed by atoms with E-state index in [-0.39, 0.29) is 24.0 Å². The van der Waals surface area contributed by atoms with Crippen LogP contribution in [0.3, 0.4) is 0 Å². The van der Waals surface area contributed by atoms with Crippen molar-refractivity contribution in [3.8, 4) is 11.4 Å². The molecule has 1 aliphatic heterocycles. The minimum Gasteiger partial charge on any atom is -0.338 e. The summed E-state index contributed by atoms with van der Waals surface area (Å²) in [5, 5.41) is 6.71. The minimum atomic E-state index is -2.78. The van der Waals surface area contributed by atoms with E-state index in [1.807, 2.05) is 19.1 Å². The summed E-state index contributed by atoms with van der Waals surface area (Å²) in [7, 11) is 0. The van der Waals surface area contributed by atoms with Crippen LogP contribution in [0.1, 0.15) is 30.7 Å². The summed E-state index contributed by atoms with van der Waals surface area (Å²) >= 11 is 0. The van der Waals surface area contributed by atoms with E-state index in [4.69, 9.17) is 4.52 Å². The number of hydrogen-bond donors (Lipinski definition) is 1. The molecular formula is C22H20F2N4O2. The summed E-state index contributed by atoms with van der Waals surface area (Å²) < 4.78 is 31.5. The normalized spacial score (nSPS) is 19.9. The van der Waals surface area contributed by atoms with Crippen molar-refractivity contribution in [1.82, 2.24) is 15.0 Å². The van der Waals surface area contributed by atoms with E-state index in [0.29, 0.717) is 22.6 Å². The third-order valence-corrected chi connectivity index (χ3v) is 5.02. The fraction of sp³-hybridized carbons (Fsp3) is 0.227. The van der Waals surface area contributed by atoms with E-state index in [0.717, 1.165) is 5.56 Å². The Morgan fingerprint density at radius 2 is 2.17 bits per heavy atom. The molecule has 2 aromatic rings. The number of rotatable bonds is 5. The lowest BCUT2D eigenvalue weighted by Gasteiger charge is -2.25. The highest BCUT2D eigenvalue weighted by molar-refractivity contribution is 6.04. The number of alkyl halides is 2. The molecule has 0 radical (unpaired) electrons. The second kappa shape index (κ2) is 7.37. The fourth-order valence-electron chi connectivity index (χ4n) is 3.15. The average molecular weight is 410 g/mol. The third-order valence-electron chi connectivity index (χ3n) is 5.02. The van der Waals surface area contributed by atoms with Crippen molar-refractivity contribution >= 4 is 11.6 Å². The number of carbonyl (C=O) groups is 1. The first-order chi connectivity index (χ1) is 14.3. The number of allylic oxidation sites excluding steroid dienone is 4. The highest BCUT2D eigenvalue weighted by Gasteiger charge is 2.61. The zero-order chi connectivity index (χ0) is 21.5. The molecule has 8 heteroatoms. The van der Waals surface area contributed by atoms with Crippen LogP contribution in [-0.2, 0) is 4.79 Å². The molecule has 1 aromatic heterocycles. The first kappa shape index (κ1) is 19.8. The highest BCUT2D eigenvalue weighted by Crippen LogP contribution is 2.55. The summed E-state index contributed by atoms with van der Waals surface area (Å²) in [4.78, 5) is 18.7. The molecule has 1 atom stereocenters. The van der Waals surface area contributed by atoms with Crippen molar-refractivity contribution in [2.75, 3.05) is 5.32 Å². The summed E-state index contributed by atoms with van der Waals surface area (Å²) in [6.07, 6.45) is 8.64. The molecule has 1 saturated carbocycles.